The van der Waals surface area contributed by atoms with Crippen LogP contribution in [0.25, 0.3) is 0 Å². The van der Waals surface area contributed by atoms with Gasteiger partial charge in [-0.1, -0.05) is 30.0 Å². The average Bonchev–Trinajstić information content (AvgIpc) is 2.17. The molecule has 0 fully saturated rings. The van der Waals surface area contributed by atoms with Gasteiger partial charge in [-0.2, -0.15) is 0 Å². The fraction of sp³-hybridized carbons (Fsp3) is 0.273. The van der Waals surface area contributed by atoms with Crippen LogP contribution >= 0.6 is 11.6 Å². The lowest BCUT2D eigenvalue weighted by Crippen LogP contribution is -2.23. The summed E-state index contributed by atoms with van der Waals surface area (Å²) < 4.78 is 0. The number of benzene rings is 1. The summed E-state index contributed by atoms with van der Waals surface area (Å²) in [4.78, 5) is 0. The van der Waals surface area contributed by atoms with Gasteiger partial charge in [-0.25, -0.2) is 0 Å². The van der Waals surface area contributed by atoms with Gasteiger partial charge >= 0.3 is 0 Å². The molecule has 0 bridgehead atoms. The van der Waals surface area contributed by atoms with Gasteiger partial charge in [0.15, 0.2) is 0 Å². The molecule has 0 aliphatic heterocycles. The molecule has 0 radical (unpaired) electrons. The van der Waals surface area contributed by atoms with Gasteiger partial charge in [-0.3, -0.25) is 0 Å². The van der Waals surface area contributed by atoms with Crippen molar-refractivity contribution in [3.05, 3.63) is 35.9 Å². The van der Waals surface area contributed by atoms with E-state index in [1.165, 1.54) is 0 Å². The highest BCUT2D eigenvalue weighted by atomic mass is 35.5. The van der Waals surface area contributed by atoms with Gasteiger partial charge in [-0.15, -0.1) is 11.6 Å². The van der Waals surface area contributed by atoms with Gasteiger partial charge in [0.05, 0.1) is 5.88 Å². The average molecular weight is 195 g/mol. The van der Waals surface area contributed by atoms with Crippen LogP contribution in [0.1, 0.15) is 12.5 Å². The van der Waals surface area contributed by atoms with Crippen LogP contribution in [0, 0.1) is 11.8 Å². The van der Waals surface area contributed by atoms with Gasteiger partial charge in [-0.05, 0) is 19.1 Å². The Morgan fingerprint density at radius 1 is 1.38 bits per heavy atom. The highest BCUT2D eigenvalue weighted by molar-refractivity contribution is 6.18. The van der Waals surface area contributed by atoms with Crippen LogP contribution in [-0.2, 0) is 0 Å². The molecule has 68 valence electrons. The van der Waals surface area contributed by atoms with E-state index in [0.29, 0.717) is 0 Å². The molecule has 0 amide bonds. The number of alkyl halides is 1. The second-order valence-corrected chi connectivity index (χ2v) is 3.29. The molecule has 0 saturated heterocycles. The lowest BCUT2D eigenvalue weighted by molar-refractivity contribution is 0.147. The van der Waals surface area contributed by atoms with Gasteiger partial charge in [0, 0.05) is 5.56 Å². The highest BCUT2D eigenvalue weighted by Gasteiger charge is 2.13. The fourth-order valence-corrected chi connectivity index (χ4v) is 0.829. The number of hydrogen-bond donors (Lipinski definition) is 1. The second kappa shape index (κ2) is 4.32. The summed E-state index contributed by atoms with van der Waals surface area (Å²) in [6.07, 6.45) is 0. The Morgan fingerprint density at radius 2 is 2.00 bits per heavy atom. The SMILES string of the molecule is CC(O)(C#Cc1ccccc1)CCl. The molecule has 0 spiro atoms. The van der Waals surface area contributed by atoms with Gasteiger partial charge in [0.25, 0.3) is 0 Å². The maximum Gasteiger partial charge on any atom is 0.136 e. The summed E-state index contributed by atoms with van der Waals surface area (Å²) >= 11 is 5.51. The molecule has 0 aliphatic carbocycles. The first-order valence-electron chi connectivity index (χ1n) is 4.01. The third kappa shape index (κ3) is 3.50. The maximum atomic E-state index is 9.48. The minimum absolute atomic E-state index is 0.118. The molecule has 0 aliphatic rings. The van der Waals surface area contributed by atoms with Crippen molar-refractivity contribution in [2.24, 2.45) is 0 Å². The minimum atomic E-state index is -1.10. The van der Waals surface area contributed by atoms with Crippen LogP contribution in [0.15, 0.2) is 30.3 Å². The van der Waals surface area contributed by atoms with Crippen LogP contribution in [0.2, 0.25) is 0 Å². The largest absolute Gasteiger partial charge is 0.377 e. The Kier molecular flexibility index (Phi) is 3.36. The first kappa shape index (κ1) is 10.1. The zero-order valence-corrected chi connectivity index (χ0v) is 8.17. The monoisotopic (exact) mass is 194 g/mol. The number of aliphatic hydroxyl groups is 1. The van der Waals surface area contributed by atoms with Crippen molar-refractivity contribution >= 4 is 11.6 Å². The second-order valence-electron chi connectivity index (χ2n) is 3.02. The predicted molar refractivity (Wildman–Crippen MR) is 54.7 cm³/mol. The molecule has 1 N–H and O–H groups in total. The highest BCUT2D eigenvalue weighted by Crippen LogP contribution is 2.04. The Bertz CT molecular complexity index is 319. The van der Waals surface area contributed by atoms with Crippen LogP contribution < -0.4 is 0 Å². The molecule has 1 atom stereocenters. The van der Waals surface area contributed by atoms with E-state index in [1.54, 1.807) is 6.92 Å². The van der Waals surface area contributed by atoms with Crippen molar-refractivity contribution in [2.75, 3.05) is 5.88 Å². The van der Waals surface area contributed by atoms with E-state index in [0.717, 1.165) is 5.56 Å². The Hall–Kier alpha value is -0.970. The van der Waals surface area contributed by atoms with E-state index in [2.05, 4.69) is 11.8 Å². The summed E-state index contributed by atoms with van der Waals surface area (Å²) in [5.74, 6) is 5.67. The van der Waals surface area contributed by atoms with Gasteiger partial charge in [0.2, 0.25) is 0 Å². The molecule has 13 heavy (non-hydrogen) atoms. The van der Waals surface area contributed by atoms with E-state index in [1.807, 2.05) is 30.3 Å². The van der Waals surface area contributed by atoms with E-state index in [4.69, 9.17) is 11.6 Å². The standard InChI is InChI=1S/C11H11ClO/c1-11(13,9-12)8-7-10-5-3-2-4-6-10/h2-6,13H,9H2,1H3. The van der Waals surface area contributed by atoms with Crippen LogP contribution in [0.5, 0.6) is 0 Å². The van der Waals surface area contributed by atoms with Crippen molar-refractivity contribution < 1.29 is 5.11 Å². The van der Waals surface area contributed by atoms with Crippen LogP contribution in [-0.4, -0.2) is 16.6 Å². The normalized spacial score (nSPS) is 14.1. The molecule has 1 aromatic carbocycles. The van der Waals surface area contributed by atoms with E-state index in [-0.39, 0.29) is 5.88 Å². The zero-order chi connectivity index (χ0) is 9.73. The van der Waals surface area contributed by atoms with E-state index >= 15 is 0 Å². The Morgan fingerprint density at radius 3 is 2.54 bits per heavy atom. The number of rotatable bonds is 1. The Labute approximate surface area is 83.4 Å². The number of hydrogen-bond acceptors (Lipinski definition) is 1. The zero-order valence-electron chi connectivity index (χ0n) is 7.42. The summed E-state index contributed by atoms with van der Waals surface area (Å²) in [7, 11) is 0. The Balaban J connectivity index is 2.79. The van der Waals surface area contributed by atoms with Crippen LogP contribution in [0.3, 0.4) is 0 Å². The van der Waals surface area contributed by atoms with Crippen LogP contribution in [0.4, 0.5) is 0 Å². The lowest BCUT2D eigenvalue weighted by Gasteiger charge is -2.10. The quantitative estimate of drug-likeness (QED) is 0.536. The smallest absolute Gasteiger partial charge is 0.136 e. The summed E-state index contributed by atoms with van der Waals surface area (Å²) in [6.45, 7) is 1.59. The van der Waals surface area contributed by atoms with Crippen molar-refractivity contribution in [2.45, 2.75) is 12.5 Å². The molecular formula is C11H11ClO. The summed E-state index contributed by atoms with van der Waals surface area (Å²) in [6, 6.07) is 9.50. The van der Waals surface area contributed by atoms with Crippen molar-refractivity contribution in [3.8, 4) is 11.8 Å². The predicted octanol–water partition coefficient (Wildman–Crippen LogP) is 2.03. The third-order valence-electron chi connectivity index (χ3n) is 1.51. The molecule has 0 aromatic heterocycles. The van der Waals surface area contributed by atoms with Crippen molar-refractivity contribution in [1.29, 1.82) is 0 Å². The van der Waals surface area contributed by atoms with E-state index in [9.17, 15) is 5.11 Å². The lowest BCUT2D eigenvalue weighted by atomic mass is 10.1. The van der Waals surface area contributed by atoms with Gasteiger partial charge in [0.1, 0.15) is 5.60 Å². The first-order chi connectivity index (χ1) is 6.14. The third-order valence-corrected chi connectivity index (χ3v) is 2.03. The fourth-order valence-electron chi connectivity index (χ4n) is 0.762. The molecule has 0 heterocycles. The molecule has 1 rings (SSSR count). The minimum Gasteiger partial charge on any atom is -0.377 e. The van der Waals surface area contributed by atoms with Crippen molar-refractivity contribution in [1.82, 2.24) is 0 Å². The number of halogens is 1. The molecule has 1 aromatic rings. The van der Waals surface area contributed by atoms with Crippen molar-refractivity contribution in [3.63, 3.8) is 0 Å². The first-order valence-corrected chi connectivity index (χ1v) is 4.54. The molecular weight excluding hydrogens is 184 g/mol. The molecule has 0 saturated carbocycles. The molecule has 1 nitrogen and oxygen atoms in total. The van der Waals surface area contributed by atoms with E-state index < -0.39 is 5.60 Å². The maximum absolute atomic E-state index is 9.48. The molecule has 1 unspecified atom stereocenters. The molecule has 2 heteroatoms. The summed E-state index contributed by atoms with van der Waals surface area (Å²) in [5.41, 5.74) is -0.217. The topological polar surface area (TPSA) is 20.2 Å². The van der Waals surface area contributed by atoms with Gasteiger partial charge < -0.3 is 5.11 Å². The summed E-state index contributed by atoms with van der Waals surface area (Å²) in [5, 5.41) is 9.48.